The van der Waals surface area contributed by atoms with E-state index < -0.39 is 0 Å². The van der Waals surface area contributed by atoms with E-state index in [1.165, 1.54) is 10.5 Å². The molecule has 30 heavy (non-hydrogen) atoms. The van der Waals surface area contributed by atoms with Crippen LogP contribution in [0, 0.1) is 6.92 Å². The first-order chi connectivity index (χ1) is 14.6. The Kier molecular flexibility index (Phi) is 4.84. The molecule has 7 nitrogen and oxygen atoms in total. The lowest BCUT2D eigenvalue weighted by molar-refractivity contribution is -1.02. The third kappa shape index (κ3) is 3.62. The van der Waals surface area contributed by atoms with Gasteiger partial charge in [-0.2, -0.15) is 0 Å². The molecule has 1 fully saturated rings. The van der Waals surface area contributed by atoms with Crippen LogP contribution < -0.4 is 24.9 Å². The zero-order valence-electron chi connectivity index (χ0n) is 17.0. The molecule has 1 saturated heterocycles. The van der Waals surface area contributed by atoms with Gasteiger partial charge in [0.2, 0.25) is 6.79 Å². The molecule has 1 aromatic heterocycles. The van der Waals surface area contributed by atoms with Gasteiger partial charge in [-0.05, 0) is 37.3 Å². The molecule has 0 atom stereocenters. The number of phenols is 1. The highest BCUT2D eigenvalue weighted by Gasteiger charge is 2.25. The number of nitrogens with one attached hydrogen (secondary N) is 2. The van der Waals surface area contributed by atoms with Crippen molar-refractivity contribution >= 4 is 11.0 Å². The predicted octanol–water partition coefficient (Wildman–Crippen LogP) is 0.0193. The fraction of sp³-hybridized carbons (Fsp3) is 0.348. The summed E-state index contributed by atoms with van der Waals surface area (Å²) in [4.78, 5) is 15.1. The summed E-state index contributed by atoms with van der Waals surface area (Å²) >= 11 is 0. The maximum absolute atomic E-state index is 12.1. The molecule has 2 aliphatic heterocycles. The number of quaternary nitrogens is 2. The molecule has 3 aromatic rings. The number of ether oxygens (including phenoxy) is 2. The molecule has 5 rings (SSSR count). The first kappa shape index (κ1) is 19.0. The summed E-state index contributed by atoms with van der Waals surface area (Å²) in [5.74, 6) is 1.81. The largest absolute Gasteiger partial charge is 0.508 e. The van der Waals surface area contributed by atoms with E-state index in [1.54, 1.807) is 24.0 Å². The van der Waals surface area contributed by atoms with Gasteiger partial charge in [-0.3, -0.25) is 0 Å². The number of hydrogen-bond acceptors (Lipinski definition) is 5. The Hall–Kier alpha value is -3.03. The Morgan fingerprint density at radius 3 is 2.47 bits per heavy atom. The molecule has 0 radical (unpaired) electrons. The van der Waals surface area contributed by atoms with E-state index in [0.29, 0.717) is 17.9 Å². The Morgan fingerprint density at radius 1 is 0.933 bits per heavy atom. The van der Waals surface area contributed by atoms with Crippen LogP contribution in [0.2, 0.25) is 0 Å². The van der Waals surface area contributed by atoms with Crippen molar-refractivity contribution in [3.8, 4) is 17.2 Å². The van der Waals surface area contributed by atoms with Gasteiger partial charge in [0.1, 0.15) is 50.6 Å². The summed E-state index contributed by atoms with van der Waals surface area (Å²) in [6.07, 6.45) is 0. The predicted molar refractivity (Wildman–Crippen MR) is 110 cm³/mol. The quantitative estimate of drug-likeness (QED) is 0.529. The van der Waals surface area contributed by atoms with E-state index in [9.17, 15) is 9.90 Å². The molecule has 3 N–H and O–H groups in total. The van der Waals surface area contributed by atoms with Crippen molar-refractivity contribution in [3.05, 3.63) is 63.5 Å². The monoisotopic (exact) mass is 410 g/mol. The molecule has 0 amide bonds. The lowest BCUT2D eigenvalue weighted by Gasteiger charge is -2.30. The van der Waals surface area contributed by atoms with Crippen LogP contribution in [0.25, 0.3) is 11.0 Å². The first-order valence-electron chi connectivity index (χ1n) is 10.4. The molecule has 0 bridgehead atoms. The van der Waals surface area contributed by atoms with Gasteiger partial charge in [-0.25, -0.2) is 4.79 Å². The smallest absolute Gasteiger partial charge is 0.336 e. The Labute approximate surface area is 174 Å². The second-order valence-corrected chi connectivity index (χ2v) is 8.22. The third-order valence-electron chi connectivity index (χ3n) is 6.21. The Morgan fingerprint density at radius 2 is 1.67 bits per heavy atom. The number of piperazine rings is 1. The van der Waals surface area contributed by atoms with Gasteiger partial charge in [0.05, 0.1) is 0 Å². The summed E-state index contributed by atoms with van der Waals surface area (Å²) in [5, 5.41) is 10.8. The Bertz CT molecular complexity index is 1150. The minimum atomic E-state index is -0.363. The average Bonchev–Trinajstić information content (AvgIpc) is 3.20. The number of aryl methyl sites for hydroxylation is 1. The maximum atomic E-state index is 12.1. The highest BCUT2D eigenvalue weighted by Crippen LogP contribution is 2.32. The van der Waals surface area contributed by atoms with E-state index in [-0.39, 0.29) is 11.4 Å². The average molecular weight is 410 g/mol. The molecule has 0 aliphatic carbocycles. The standard InChI is InChI=1S/C23H24N2O5/c1-15-19(26)4-3-18-17(11-22(27)30-23(15)18)13-25-8-6-24(7-9-25)12-16-2-5-20-21(10-16)29-14-28-20/h2-5,10-11,26H,6-9,12-14H2,1H3/p+2. The molecular weight excluding hydrogens is 384 g/mol. The second kappa shape index (κ2) is 7.66. The highest BCUT2D eigenvalue weighted by molar-refractivity contribution is 5.84. The molecule has 7 heteroatoms. The van der Waals surface area contributed by atoms with Crippen molar-refractivity contribution in [1.29, 1.82) is 0 Å². The van der Waals surface area contributed by atoms with Crippen molar-refractivity contribution in [2.75, 3.05) is 33.0 Å². The topological polar surface area (TPSA) is 77.8 Å². The van der Waals surface area contributed by atoms with Crippen molar-refractivity contribution < 1.29 is 28.8 Å². The van der Waals surface area contributed by atoms with Gasteiger partial charge in [-0.15, -0.1) is 0 Å². The van der Waals surface area contributed by atoms with Crippen LogP contribution in [-0.2, 0) is 13.1 Å². The molecule has 2 aliphatic rings. The lowest BCUT2D eigenvalue weighted by atomic mass is 10.1. The zero-order valence-corrected chi connectivity index (χ0v) is 17.0. The first-order valence-corrected chi connectivity index (χ1v) is 10.4. The SMILES string of the molecule is Cc1c(O)ccc2c(C[NH+]3CC[NH+](Cc4ccc5c(c4)OCO5)CC3)cc(=O)oc12. The molecule has 0 saturated carbocycles. The summed E-state index contributed by atoms with van der Waals surface area (Å²) < 4.78 is 16.2. The summed E-state index contributed by atoms with van der Waals surface area (Å²) in [6, 6.07) is 11.3. The van der Waals surface area contributed by atoms with Crippen LogP contribution in [0.5, 0.6) is 17.2 Å². The number of aromatic hydroxyl groups is 1. The molecular formula is C23H26N2O5+2. The zero-order chi connectivity index (χ0) is 20.7. The fourth-order valence-corrected chi connectivity index (χ4v) is 4.48. The van der Waals surface area contributed by atoms with Gasteiger partial charge in [0.15, 0.2) is 11.5 Å². The van der Waals surface area contributed by atoms with Crippen LogP contribution in [0.4, 0.5) is 0 Å². The van der Waals surface area contributed by atoms with Gasteiger partial charge in [0, 0.05) is 28.1 Å². The minimum Gasteiger partial charge on any atom is -0.508 e. The number of benzene rings is 2. The van der Waals surface area contributed by atoms with E-state index in [2.05, 4.69) is 12.1 Å². The molecule has 156 valence electrons. The van der Waals surface area contributed by atoms with Crippen LogP contribution >= 0.6 is 0 Å². The lowest BCUT2D eigenvalue weighted by Crippen LogP contribution is -3.27. The van der Waals surface area contributed by atoms with E-state index in [4.69, 9.17) is 13.9 Å². The van der Waals surface area contributed by atoms with Crippen LogP contribution in [0.15, 0.2) is 45.6 Å². The number of rotatable bonds is 4. The second-order valence-electron chi connectivity index (χ2n) is 8.22. The van der Waals surface area contributed by atoms with Crippen LogP contribution in [0.3, 0.4) is 0 Å². The normalized spacial score (nSPS) is 20.6. The Balaban J connectivity index is 1.25. The van der Waals surface area contributed by atoms with E-state index in [1.807, 2.05) is 12.1 Å². The fourth-order valence-electron chi connectivity index (χ4n) is 4.48. The number of phenolic OH excluding ortho intramolecular Hbond substituents is 1. The van der Waals surface area contributed by atoms with Crippen molar-refractivity contribution in [2.45, 2.75) is 20.0 Å². The van der Waals surface area contributed by atoms with Crippen molar-refractivity contribution in [3.63, 3.8) is 0 Å². The highest BCUT2D eigenvalue weighted by atomic mass is 16.7. The molecule has 0 spiro atoms. The maximum Gasteiger partial charge on any atom is 0.336 e. The van der Waals surface area contributed by atoms with Gasteiger partial charge in [-0.1, -0.05) is 0 Å². The summed E-state index contributed by atoms with van der Waals surface area (Å²) in [5.41, 5.74) is 2.99. The van der Waals surface area contributed by atoms with Crippen molar-refractivity contribution in [2.24, 2.45) is 0 Å². The number of fused-ring (bicyclic) bond motifs is 2. The summed E-state index contributed by atoms with van der Waals surface area (Å²) in [7, 11) is 0. The molecule has 2 aromatic carbocycles. The van der Waals surface area contributed by atoms with E-state index >= 15 is 0 Å². The van der Waals surface area contributed by atoms with Crippen LogP contribution in [0.1, 0.15) is 16.7 Å². The molecule has 0 unspecified atom stereocenters. The minimum absolute atomic E-state index is 0.149. The summed E-state index contributed by atoms with van der Waals surface area (Å²) in [6.45, 7) is 8.06. The van der Waals surface area contributed by atoms with E-state index in [0.717, 1.165) is 61.7 Å². The van der Waals surface area contributed by atoms with Crippen LogP contribution in [-0.4, -0.2) is 38.1 Å². The number of hydrogen-bond donors (Lipinski definition) is 3. The van der Waals surface area contributed by atoms with Gasteiger partial charge < -0.3 is 28.8 Å². The molecule has 3 heterocycles. The third-order valence-corrected chi connectivity index (χ3v) is 6.21. The van der Waals surface area contributed by atoms with Gasteiger partial charge >= 0.3 is 5.63 Å². The van der Waals surface area contributed by atoms with Gasteiger partial charge in [0.25, 0.3) is 0 Å². The van der Waals surface area contributed by atoms with Crippen molar-refractivity contribution in [1.82, 2.24) is 0 Å².